The highest BCUT2D eigenvalue weighted by atomic mass is 35.5. The quantitative estimate of drug-likeness (QED) is 0.693. The molecule has 9 heteroatoms. The summed E-state index contributed by atoms with van der Waals surface area (Å²) in [5.41, 5.74) is 0.617. The van der Waals surface area contributed by atoms with E-state index in [1.807, 2.05) is 13.0 Å². The average molecular weight is 448 g/mol. The molecule has 2 aliphatic heterocycles. The summed E-state index contributed by atoms with van der Waals surface area (Å²) in [5.74, 6) is -0.644. The van der Waals surface area contributed by atoms with E-state index in [1.165, 1.54) is 0 Å². The Labute approximate surface area is 187 Å². The number of rotatable bonds is 4. The maximum atomic E-state index is 13.1. The van der Waals surface area contributed by atoms with Gasteiger partial charge in [-0.05, 0) is 44.0 Å². The first-order valence-electron chi connectivity index (χ1n) is 11.0. The molecule has 1 saturated carbocycles. The van der Waals surface area contributed by atoms with Gasteiger partial charge in [0.05, 0.1) is 11.4 Å². The van der Waals surface area contributed by atoms with E-state index in [4.69, 9.17) is 11.6 Å². The molecule has 3 fully saturated rings. The molecule has 0 radical (unpaired) electrons. The highest BCUT2D eigenvalue weighted by molar-refractivity contribution is 6.31. The Morgan fingerprint density at radius 2 is 1.97 bits per heavy atom. The lowest BCUT2D eigenvalue weighted by molar-refractivity contribution is -0.136. The number of amides is 4. The minimum Gasteiger partial charge on any atom is -0.367 e. The second kappa shape index (κ2) is 8.67. The molecule has 4 rings (SSSR count). The van der Waals surface area contributed by atoms with Crippen LogP contribution >= 0.6 is 11.6 Å². The maximum Gasteiger partial charge on any atom is 0.325 e. The van der Waals surface area contributed by atoms with Crippen molar-refractivity contribution in [2.75, 3.05) is 50.0 Å². The summed E-state index contributed by atoms with van der Waals surface area (Å²) in [5, 5.41) is 6.28. The van der Waals surface area contributed by atoms with Crippen LogP contribution < -0.4 is 15.5 Å². The molecule has 8 nitrogen and oxygen atoms in total. The number of halogens is 1. The standard InChI is InChI=1S/C22H30ClN5O3/c1-15-5-3-4-8-22(15)20(30)28(21(31)25-22)14-19(29)24-17-13-16(23)6-7-18(17)27-11-9-26(2)10-12-27/h6-7,13,15H,3-5,8-12,14H2,1-2H3,(H,24,29)(H,25,31). The number of hydrogen-bond acceptors (Lipinski definition) is 5. The molecule has 3 aliphatic rings. The van der Waals surface area contributed by atoms with Crippen molar-refractivity contribution in [2.24, 2.45) is 5.92 Å². The van der Waals surface area contributed by atoms with Crippen LogP contribution in [-0.2, 0) is 9.59 Å². The van der Waals surface area contributed by atoms with Crippen molar-refractivity contribution in [2.45, 2.75) is 38.1 Å². The Morgan fingerprint density at radius 1 is 1.23 bits per heavy atom. The molecule has 1 aliphatic carbocycles. The van der Waals surface area contributed by atoms with Gasteiger partial charge in [-0.15, -0.1) is 0 Å². The van der Waals surface area contributed by atoms with Crippen LogP contribution in [0.15, 0.2) is 18.2 Å². The van der Waals surface area contributed by atoms with Gasteiger partial charge in [0.1, 0.15) is 12.1 Å². The van der Waals surface area contributed by atoms with E-state index in [1.54, 1.807) is 12.1 Å². The lowest BCUT2D eigenvalue weighted by Gasteiger charge is -2.36. The van der Waals surface area contributed by atoms with Crippen molar-refractivity contribution in [3.8, 4) is 0 Å². The van der Waals surface area contributed by atoms with Crippen molar-refractivity contribution < 1.29 is 14.4 Å². The smallest absolute Gasteiger partial charge is 0.325 e. The topological polar surface area (TPSA) is 85.0 Å². The maximum absolute atomic E-state index is 13.1. The highest BCUT2D eigenvalue weighted by Gasteiger charge is 2.55. The van der Waals surface area contributed by atoms with E-state index in [-0.39, 0.29) is 18.4 Å². The predicted molar refractivity (Wildman–Crippen MR) is 120 cm³/mol. The molecule has 31 heavy (non-hydrogen) atoms. The van der Waals surface area contributed by atoms with E-state index in [0.717, 1.165) is 56.0 Å². The summed E-state index contributed by atoms with van der Waals surface area (Å²) in [4.78, 5) is 44.1. The van der Waals surface area contributed by atoms with Gasteiger partial charge in [-0.25, -0.2) is 4.79 Å². The zero-order chi connectivity index (χ0) is 22.2. The van der Waals surface area contributed by atoms with Crippen molar-refractivity contribution in [3.05, 3.63) is 23.2 Å². The molecule has 4 amide bonds. The SMILES string of the molecule is CC1CCCCC12NC(=O)N(CC(=O)Nc1cc(Cl)ccc1N1CCN(C)CC1)C2=O. The Hall–Kier alpha value is -2.32. The van der Waals surface area contributed by atoms with Crippen LogP contribution in [0, 0.1) is 5.92 Å². The fourth-order valence-corrected chi connectivity index (χ4v) is 5.08. The van der Waals surface area contributed by atoms with E-state index >= 15 is 0 Å². The van der Waals surface area contributed by atoms with Gasteiger partial charge in [-0.1, -0.05) is 31.4 Å². The van der Waals surface area contributed by atoms with Crippen LogP contribution in [0.3, 0.4) is 0 Å². The molecule has 2 atom stereocenters. The van der Waals surface area contributed by atoms with Crippen LogP contribution in [0.1, 0.15) is 32.6 Å². The zero-order valence-corrected chi connectivity index (χ0v) is 18.9. The summed E-state index contributed by atoms with van der Waals surface area (Å²) in [6.07, 6.45) is 3.46. The number of nitrogens with zero attached hydrogens (tertiary/aromatic N) is 3. The number of anilines is 2. The number of imide groups is 1. The predicted octanol–water partition coefficient (Wildman–Crippen LogP) is 2.53. The van der Waals surface area contributed by atoms with Gasteiger partial charge >= 0.3 is 6.03 Å². The van der Waals surface area contributed by atoms with Gasteiger partial charge in [-0.3, -0.25) is 14.5 Å². The third-order valence-corrected chi connectivity index (χ3v) is 7.11. The minimum absolute atomic E-state index is 0.0579. The lowest BCUT2D eigenvalue weighted by atomic mass is 9.73. The molecule has 1 aromatic rings. The normalized spacial score (nSPS) is 27.0. The lowest BCUT2D eigenvalue weighted by Crippen LogP contribution is -2.54. The molecule has 1 aromatic carbocycles. The summed E-state index contributed by atoms with van der Waals surface area (Å²) in [6.45, 7) is 5.23. The van der Waals surface area contributed by atoms with E-state index in [0.29, 0.717) is 17.1 Å². The molecule has 0 aromatic heterocycles. The number of piperazine rings is 1. The number of carbonyl (C=O) groups excluding carboxylic acids is 3. The summed E-state index contributed by atoms with van der Waals surface area (Å²) in [6, 6.07) is 4.93. The molecular weight excluding hydrogens is 418 g/mol. The zero-order valence-electron chi connectivity index (χ0n) is 18.1. The number of urea groups is 1. The molecule has 2 unspecified atom stereocenters. The van der Waals surface area contributed by atoms with Crippen molar-refractivity contribution in [1.29, 1.82) is 0 Å². The number of carbonyl (C=O) groups is 3. The second-order valence-corrected chi connectivity index (χ2v) is 9.38. The number of nitrogens with one attached hydrogen (secondary N) is 2. The van der Waals surface area contributed by atoms with Gasteiger partial charge in [-0.2, -0.15) is 0 Å². The van der Waals surface area contributed by atoms with E-state index in [2.05, 4.69) is 27.5 Å². The van der Waals surface area contributed by atoms with E-state index in [9.17, 15) is 14.4 Å². The van der Waals surface area contributed by atoms with Crippen molar-refractivity contribution in [3.63, 3.8) is 0 Å². The summed E-state index contributed by atoms with van der Waals surface area (Å²) < 4.78 is 0. The van der Waals surface area contributed by atoms with Gasteiger partial charge < -0.3 is 20.4 Å². The summed E-state index contributed by atoms with van der Waals surface area (Å²) >= 11 is 6.19. The summed E-state index contributed by atoms with van der Waals surface area (Å²) in [7, 11) is 2.08. The van der Waals surface area contributed by atoms with Gasteiger partial charge in [0.15, 0.2) is 0 Å². The third kappa shape index (κ3) is 4.23. The molecule has 2 N–H and O–H groups in total. The molecule has 2 heterocycles. The van der Waals surface area contributed by atoms with Crippen molar-refractivity contribution >= 4 is 40.8 Å². The van der Waals surface area contributed by atoms with Gasteiger partial charge in [0.25, 0.3) is 5.91 Å². The first-order chi connectivity index (χ1) is 14.8. The monoisotopic (exact) mass is 447 g/mol. The third-order valence-electron chi connectivity index (χ3n) is 6.88. The van der Waals surface area contributed by atoms with Crippen molar-refractivity contribution in [1.82, 2.24) is 15.1 Å². The van der Waals surface area contributed by atoms with Crippen LogP contribution in [0.5, 0.6) is 0 Å². The molecule has 2 saturated heterocycles. The Kier molecular flexibility index (Phi) is 6.12. The fourth-order valence-electron chi connectivity index (χ4n) is 4.90. The van der Waals surface area contributed by atoms with Crippen LogP contribution in [0.4, 0.5) is 16.2 Å². The number of likely N-dealkylation sites (N-methyl/N-ethyl adjacent to an activating group) is 1. The largest absolute Gasteiger partial charge is 0.367 e. The Balaban J connectivity index is 1.47. The Morgan fingerprint density at radius 3 is 2.68 bits per heavy atom. The second-order valence-electron chi connectivity index (χ2n) is 8.94. The molecule has 0 bridgehead atoms. The molecule has 1 spiro atoms. The number of hydrogen-bond donors (Lipinski definition) is 2. The molecular formula is C22H30ClN5O3. The van der Waals surface area contributed by atoms with Gasteiger partial charge in [0, 0.05) is 31.2 Å². The first kappa shape index (κ1) is 21.9. The molecule has 168 valence electrons. The fraction of sp³-hybridized carbons (Fsp3) is 0.591. The minimum atomic E-state index is -0.864. The van der Waals surface area contributed by atoms with E-state index < -0.39 is 17.5 Å². The van der Waals surface area contributed by atoms with Crippen LogP contribution in [-0.4, -0.2) is 73.0 Å². The number of benzene rings is 1. The highest BCUT2D eigenvalue weighted by Crippen LogP contribution is 2.38. The first-order valence-corrected chi connectivity index (χ1v) is 11.3. The van der Waals surface area contributed by atoms with Crippen LogP contribution in [0.2, 0.25) is 5.02 Å². The van der Waals surface area contributed by atoms with Crippen LogP contribution in [0.25, 0.3) is 0 Å². The Bertz CT molecular complexity index is 886. The average Bonchev–Trinajstić information content (AvgIpc) is 2.96. The van der Waals surface area contributed by atoms with Gasteiger partial charge in [0.2, 0.25) is 5.91 Å².